The third kappa shape index (κ3) is 4.02. The van der Waals surface area contributed by atoms with E-state index in [1.807, 2.05) is 58.0 Å². The van der Waals surface area contributed by atoms with Crippen LogP contribution in [0.1, 0.15) is 47.2 Å². The summed E-state index contributed by atoms with van der Waals surface area (Å²) < 4.78 is 5.82. The average Bonchev–Trinajstić information content (AvgIpc) is 3.27. The Labute approximate surface area is 182 Å². The number of thiophene rings is 1. The van der Waals surface area contributed by atoms with Gasteiger partial charge in [0, 0.05) is 10.3 Å². The second kappa shape index (κ2) is 8.28. The first-order valence-electron chi connectivity index (χ1n) is 9.73. The highest BCUT2D eigenvalue weighted by molar-refractivity contribution is 8.00. The Balaban J connectivity index is 1.39. The number of aromatic amines is 1. The van der Waals surface area contributed by atoms with E-state index in [0.717, 1.165) is 32.0 Å². The molecule has 3 aromatic heterocycles. The molecule has 0 aliphatic heterocycles. The minimum atomic E-state index is -0.229. The van der Waals surface area contributed by atoms with Crippen molar-refractivity contribution in [1.82, 2.24) is 15.3 Å². The molecule has 0 spiro atoms. The van der Waals surface area contributed by atoms with Crippen LogP contribution in [0.25, 0.3) is 21.2 Å². The zero-order valence-corrected chi connectivity index (χ0v) is 18.9. The van der Waals surface area contributed by atoms with Gasteiger partial charge in [0.15, 0.2) is 0 Å². The van der Waals surface area contributed by atoms with Crippen LogP contribution in [0.4, 0.5) is 0 Å². The van der Waals surface area contributed by atoms with Crippen LogP contribution in [0.2, 0.25) is 0 Å². The summed E-state index contributed by atoms with van der Waals surface area (Å²) in [5, 5.41) is 4.54. The minimum absolute atomic E-state index is 0.0916. The molecule has 1 amide bonds. The van der Waals surface area contributed by atoms with Gasteiger partial charge in [-0.3, -0.25) is 9.59 Å². The van der Waals surface area contributed by atoms with Crippen molar-refractivity contribution in [2.75, 3.05) is 5.75 Å². The second-order valence-electron chi connectivity index (χ2n) is 7.34. The number of nitrogens with zero attached hydrogens (tertiary/aromatic N) is 1. The fraction of sp³-hybridized carbons (Fsp3) is 0.318. The van der Waals surface area contributed by atoms with E-state index in [1.165, 1.54) is 23.1 Å². The number of carbonyl (C=O) groups is 1. The normalized spacial score (nSPS) is 13.6. The van der Waals surface area contributed by atoms with E-state index in [4.69, 9.17) is 4.42 Å². The van der Waals surface area contributed by atoms with Gasteiger partial charge in [-0.15, -0.1) is 23.1 Å². The van der Waals surface area contributed by atoms with Gasteiger partial charge in [0.2, 0.25) is 5.91 Å². The van der Waals surface area contributed by atoms with E-state index in [-0.39, 0.29) is 28.5 Å². The Morgan fingerprint density at radius 2 is 2.07 bits per heavy atom. The lowest BCUT2D eigenvalue weighted by Crippen LogP contribution is -2.28. The van der Waals surface area contributed by atoms with Crippen molar-refractivity contribution < 1.29 is 9.21 Å². The van der Waals surface area contributed by atoms with Crippen molar-refractivity contribution >= 4 is 50.2 Å². The smallest absolute Gasteiger partial charge is 0.259 e. The molecular formula is C22H23N3O3S2. The van der Waals surface area contributed by atoms with E-state index in [9.17, 15) is 9.59 Å². The summed E-state index contributed by atoms with van der Waals surface area (Å²) in [5.41, 5.74) is 1.67. The van der Waals surface area contributed by atoms with Crippen LogP contribution in [-0.4, -0.2) is 21.6 Å². The molecule has 0 radical (unpaired) electrons. The number of hydrogen-bond acceptors (Lipinski definition) is 6. The summed E-state index contributed by atoms with van der Waals surface area (Å²) in [7, 11) is 0. The van der Waals surface area contributed by atoms with E-state index >= 15 is 0 Å². The maximum absolute atomic E-state index is 12.5. The Morgan fingerprint density at radius 3 is 2.83 bits per heavy atom. The Kier molecular flexibility index (Phi) is 5.71. The summed E-state index contributed by atoms with van der Waals surface area (Å²) in [4.78, 5) is 34.3. The Morgan fingerprint density at radius 1 is 1.30 bits per heavy atom. The molecule has 0 saturated heterocycles. The largest absolute Gasteiger partial charge is 0.459 e. The highest BCUT2D eigenvalue weighted by Gasteiger charge is 2.18. The predicted molar refractivity (Wildman–Crippen MR) is 123 cm³/mol. The van der Waals surface area contributed by atoms with E-state index < -0.39 is 0 Å². The van der Waals surface area contributed by atoms with Gasteiger partial charge in [0.05, 0.1) is 22.4 Å². The Hall–Kier alpha value is -2.58. The van der Waals surface area contributed by atoms with Crippen LogP contribution in [0.5, 0.6) is 0 Å². The van der Waals surface area contributed by atoms with Crippen molar-refractivity contribution in [3.63, 3.8) is 0 Å². The average molecular weight is 442 g/mol. The molecule has 156 valence electrons. The molecule has 0 aliphatic rings. The van der Waals surface area contributed by atoms with Crippen LogP contribution in [0.3, 0.4) is 0 Å². The van der Waals surface area contributed by atoms with Crippen LogP contribution in [-0.2, 0) is 4.79 Å². The predicted octanol–water partition coefficient (Wildman–Crippen LogP) is 5.02. The molecule has 30 heavy (non-hydrogen) atoms. The molecule has 0 unspecified atom stereocenters. The van der Waals surface area contributed by atoms with Crippen molar-refractivity contribution in [1.29, 1.82) is 0 Å². The van der Waals surface area contributed by atoms with Crippen molar-refractivity contribution in [3.8, 4) is 0 Å². The van der Waals surface area contributed by atoms with E-state index in [0.29, 0.717) is 11.2 Å². The highest BCUT2D eigenvalue weighted by Crippen LogP contribution is 2.30. The number of aryl methyl sites for hydroxylation is 2. The topological polar surface area (TPSA) is 88.0 Å². The number of carbonyl (C=O) groups excluding carboxylic acids is 1. The van der Waals surface area contributed by atoms with Gasteiger partial charge in [-0.05, 0) is 45.4 Å². The van der Waals surface area contributed by atoms with Gasteiger partial charge in [-0.25, -0.2) is 4.98 Å². The van der Waals surface area contributed by atoms with Gasteiger partial charge in [-0.1, -0.05) is 18.2 Å². The number of para-hydroxylation sites is 1. The number of nitrogens with one attached hydrogen (secondary N) is 2. The summed E-state index contributed by atoms with van der Waals surface area (Å²) >= 11 is 2.96. The molecule has 4 aromatic rings. The molecule has 4 rings (SSSR count). The summed E-state index contributed by atoms with van der Waals surface area (Å²) in [5.74, 6) is 1.49. The first-order valence-corrected chi connectivity index (χ1v) is 11.6. The van der Waals surface area contributed by atoms with E-state index in [2.05, 4.69) is 15.3 Å². The Bertz CT molecular complexity index is 1260. The molecule has 0 fully saturated rings. The number of rotatable bonds is 6. The minimum Gasteiger partial charge on any atom is -0.459 e. The van der Waals surface area contributed by atoms with Gasteiger partial charge in [0.25, 0.3) is 5.56 Å². The number of fused-ring (bicyclic) bond motifs is 2. The molecule has 6 nitrogen and oxygen atoms in total. The van der Waals surface area contributed by atoms with Gasteiger partial charge < -0.3 is 14.7 Å². The first kappa shape index (κ1) is 20.7. The third-order valence-corrected chi connectivity index (χ3v) is 7.41. The van der Waals surface area contributed by atoms with Crippen LogP contribution in [0.15, 0.2) is 39.5 Å². The number of H-pyrrole nitrogens is 1. The molecule has 2 N–H and O–H groups in total. The van der Waals surface area contributed by atoms with E-state index in [1.54, 1.807) is 0 Å². The summed E-state index contributed by atoms with van der Waals surface area (Å²) in [6.45, 7) is 7.78. The molecule has 2 atom stereocenters. The zero-order chi connectivity index (χ0) is 21.4. The zero-order valence-electron chi connectivity index (χ0n) is 17.2. The number of benzene rings is 1. The number of hydrogen-bond donors (Lipinski definition) is 2. The van der Waals surface area contributed by atoms with Gasteiger partial charge >= 0.3 is 0 Å². The third-order valence-electron chi connectivity index (χ3n) is 5.16. The molecule has 1 aromatic carbocycles. The number of thioether (sulfide) groups is 1. The lowest BCUT2D eigenvalue weighted by molar-refractivity contribution is -0.119. The fourth-order valence-corrected chi connectivity index (χ4v) is 5.10. The molecule has 0 saturated carbocycles. The first-order chi connectivity index (χ1) is 14.3. The maximum Gasteiger partial charge on any atom is 0.259 e. The molecular weight excluding hydrogens is 418 g/mol. The monoisotopic (exact) mass is 441 g/mol. The number of amides is 1. The van der Waals surface area contributed by atoms with Gasteiger partial charge in [-0.2, -0.15) is 0 Å². The van der Waals surface area contributed by atoms with Crippen molar-refractivity contribution in [2.45, 2.75) is 39.0 Å². The molecule has 3 heterocycles. The number of furan rings is 1. The van der Waals surface area contributed by atoms with Crippen LogP contribution < -0.4 is 10.9 Å². The van der Waals surface area contributed by atoms with Crippen molar-refractivity contribution in [2.24, 2.45) is 0 Å². The molecule has 0 aliphatic carbocycles. The van der Waals surface area contributed by atoms with Gasteiger partial charge in [0.1, 0.15) is 22.0 Å². The second-order valence-corrected chi connectivity index (χ2v) is 9.88. The SMILES string of the molecule is Cc1sc2nc([C@@H](C)SCC(=O)N[C@H](C)c3cc4ccccc4o3)[nH]c(=O)c2c1C. The standard InChI is InChI=1S/C22H23N3O3S2/c1-11-13(3)30-22-19(11)21(27)24-20(25-22)14(4)29-10-18(26)23-12(2)17-9-15-7-5-6-8-16(15)28-17/h5-9,12,14H,10H2,1-4H3,(H,23,26)(H,24,25,27)/t12-,14-/m1/s1. The maximum atomic E-state index is 12.5. The molecule has 0 bridgehead atoms. The van der Waals surface area contributed by atoms with Crippen LogP contribution >= 0.6 is 23.1 Å². The highest BCUT2D eigenvalue weighted by atomic mass is 32.2. The number of aromatic nitrogens is 2. The van der Waals surface area contributed by atoms with Crippen LogP contribution in [0, 0.1) is 13.8 Å². The fourth-order valence-electron chi connectivity index (χ4n) is 3.31. The lowest BCUT2D eigenvalue weighted by Gasteiger charge is -2.13. The summed E-state index contributed by atoms with van der Waals surface area (Å²) in [6.07, 6.45) is 0. The molecule has 8 heteroatoms. The quantitative estimate of drug-likeness (QED) is 0.439. The van der Waals surface area contributed by atoms with Crippen molar-refractivity contribution in [3.05, 3.63) is 62.7 Å². The lowest BCUT2D eigenvalue weighted by atomic mass is 10.2. The summed E-state index contributed by atoms with van der Waals surface area (Å²) in [6, 6.07) is 9.49.